The molecule has 0 aromatic heterocycles. The van der Waals surface area contributed by atoms with Gasteiger partial charge in [-0.1, -0.05) is 19.1 Å². The molecule has 0 bridgehead atoms. The lowest BCUT2D eigenvalue weighted by Crippen LogP contribution is -2.47. The van der Waals surface area contributed by atoms with Gasteiger partial charge in [-0.25, -0.2) is 8.78 Å². The third kappa shape index (κ3) is 3.00. The molecule has 1 aliphatic heterocycles. The Kier molecular flexibility index (Phi) is 5.07. The van der Waals surface area contributed by atoms with Crippen molar-refractivity contribution in [3.8, 4) is 0 Å². The normalized spacial score (nSPS) is 21.9. The Bertz CT molecular complexity index is 467. The number of benzene rings is 1. The van der Waals surface area contributed by atoms with Crippen LogP contribution in [0.1, 0.15) is 24.1 Å². The van der Waals surface area contributed by atoms with Crippen molar-refractivity contribution in [1.29, 1.82) is 0 Å². The lowest BCUT2D eigenvalue weighted by Gasteiger charge is -2.36. The van der Waals surface area contributed by atoms with Crippen molar-refractivity contribution in [2.75, 3.05) is 33.3 Å². The van der Waals surface area contributed by atoms with Gasteiger partial charge < -0.3 is 10.1 Å². The smallest absolute Gasteiger partial charge is 0.163 e. The Morgan fingerprint density at radius 3 is 2.80 bits per heavy atom. The largest absolute Gasteiger partial charge is 0.374 e. The summed E-state index contributed by atoms with van der Waals surface area (Å²) in [6.07, 6.45) is -0.176. The van der Waals surface area contributed by atoms with Gasteiger partial charge in [0, 0.05) is 18.7 Å². The number of likely N-dealkylation sites (N-methyl/N-ethyl adjacent to an activating group) is 2. The zero-order valence-corrected chi connectivity index (χ0v) is 12.2. The molecule has 1 heterocycles. The van der Waals surface area contributed by atoms with E-state index in [0.29, 0.717) is 17.7 Å². The van der Waals surface area contributed by atoms with Crippen molar-refractivity contribution in [3.05, 3.63) is 34.9 Å². The van der Waals surface area contributed by atoms with Crippen molar-refractivity contribution >= 4 is 0 Å². The number of halogens is 2. The SMILES string of the molecule is CCN1CCOC(C(NC)c2ccc(C)c(F)c2F)C1. The van der Waals surface area contributed by atoms with Crippen LogP contribution in [0, 0.1) is 18.6 Å². The first kappa shape index (κ1) is 15.4. The Hall–Kier alpha value is -1.04. The third-order valence-corrected chi connectivity index (χ3v) is 3.95. The number of nitrogens with one attached hydrogen (secondary N) is 1. The van der Waals surface area contributed by atoms with Crippen LogP contribution < -0.4 is 5.32 Å². The summed E-state index contributed by atoms with van der Waals surface area (Å²) in [6.45, 7) is 6.80. The van der Waals surface area contributed by atoms with Gasteiger partial charge in [-0.15, -0.1) is 0 Å². The second-order valence-corrected chi connectivity index (χ2v) is 5.17. The molecule has 1 fully saturated rings. The van der Waals surface area contributed by atoms with Crippen LogP contribution in [0.3, 0.4) is 0 Å². The summed E-state index contributed by atoms with van der Waals surface area (Å²) >= 11 is 0. The van der Waals surface area contributed by atoms with Crippen molar-refractivity contribution in [3.63, 3.8) is 0 Å². The molecule has 2 rings (SSSR count). The molecular weight excluding hydrogens is 262 g/mol. The topological polar surface area (TPSA) is 24.5 Å². The van der Waals surface area contributed by atoms with Crippen LogP contribution in [0.25, 0.3) is 0 Å². The van der Waals surface area contributed by atoms with Gasteiger partial charge >= 0.3 is 0 Å². The summed E-state index contributed by atoms with van der Waals surface area (Å²) in [4.78, 5) is 2.25. The summed E-state index contributed by atoms with van der Waals surface area (Å²) in [5.74, 6) is -1.55. The minimum atomic E-state index is -0.776. The first-order valence-electron chi connectivity index (χ1n) is 7.04. The summed E-state index contributed by atoms with van der Waals surface area (Å²) in [7, 11) is 1.75. The summed E-state index contributed by atoms with van der Waals surface area (Å²) in [6, 6.07) is 2.90. The molecule has 0 saturated carbocycles. The predicted molar refractivity (Wildman–Crippen MR) is 74.7 cm³/mol. The summed E-state index contributed by atoms with van der Waals surface area (Å²) < 4.78 is 33.6. The number of nitrogens with zero attached hydrogens (tertiary/aromatic N) is 1. The molecule has 2 atom stereocenters. The van der Waals surface area contributed by atoms with Crippen LogP contribution in [0.4, 0.5) is 8.78 Å². The molecule has 0 aliphatic carbocycles. The molecule has 1 aliphatic rings. The van der Waals surface area contributed by atoms with Crippen LogP contribution in [-0.4, -0.2) is 44.3 Å². The van der Waals surface area contributed by atoms with Crippen LogP contribution in [0.15, 0.2) is 12.1 Å². The molecular formula is C15H22F2N2O. The first-order valence-corrected chi connectivity index (χ1v) is 7.04. The lowest BCUT2D eigenvalue weighted by molar-refractivity contribution is -0.0450. The second-order valence-electron chi connectivity index (χ2n) is 5.17. The Labute approximate surface area is 118 Å². The highest BCUT2D eigenvalue weighted by Gasteiger charge is 2.30. The molecule has 1 aromatic carbocycles. The number of rotatable bonds is 4. The van der Waals surface area contributed by atoms with Gasteiger partial charge in [-0.2, -0.15) is 0 Å². The molecule has 2 unspecified atom stereocenters. The molecule has 20 heavy (non-hydrogen) atoms. The number of morpholine rings is 1. The fourth-order valence-corrected chi connectivity index (χ4v) is 2.66. The predicted octanol–water partition coefficient (Wildman–Crippen LogP) is 2.25. The zero-order chi connectivity index (χ0) is 14.7. The van der Waals surface area contributed by atoms with Crippen molar-refractivity contribution in [2.45, 2.75) is 26.0 Å². The van der Waals surface area contributed by atoms with Crippen molar-refractivity contribution < 1.29 is 13.5 Å². The molecule has 0 radical (unpaired) electrons. The molecule has 112 valence electrons. The van der Waals surface area contributed by atoms with E-state index in [1.165, 1.54) is 0 Å². The Balaban J connectivity index is 2.26. The fourth-order valence-electron chi connectivity index (χ4n) is 2.66. The summed E-state index contributed by atoms with van der Waals surface area (Å²) in [5.41, 5.74) is 0.652. The van der Waals surface area contributed by atoms with Gasteiger partial charge in [0.05, 0.1) is 18.8 Å². The molecule has 1 aromatic rings. The van der Waals surface area contributed by atoms with Gasteiger partial charge in [0.25, 0.3) is 0 Å². The average Bonchev–Trinajstić information content (AvgIpc) is 2.48. The van der Waals surface area contributed by atoms with Gasteiger partial charge in [0.15, 0.2) is 11.6 Å². The van der Waals surface area contributed by atoms with E-state index in [1.807, 2.05) is 0 Å². The van der Waals surface area contributed by atoms with E-state index in [2.05, 4.69) is 17.1 Å². The van der Waals surface area contributed by atoms with E-state index in [1.54, 1.807) is 26.1 Å². The van der Waals surface area contributed by atoms with Gasteiger partial charge in [0.1, 0.15) is 0 Å². The van der Waals surface area contributed by atoms with Crippen molar-refractivity contribution in [2.24, 2.45) is 0 Å². The van der Waals surface area contributed by atoms with Crippen LogP contribution in [0.2, 0.25) is 0 Å². The summed E-state index contributed by atoms with van der Waals surface area (Å²) in [5, 5.41) is 3.06. The standard InChI is InChI=1S/C15H22F2N2O/c1-4-19-7-8-20-12(9-19)15(18-3)11-6-5-10(2)13(16)14(11)17/h5-6,12,15,18H,4,7-9H2,1-3H3. The quantitative estimate of drug-likeness (QED) is 0.918. The maximum absolute atomic E-state index is 14.1. The number of ether oxygens (including phenoxy) is 1. The highest BCUT2D eigenvalue weighted by molar-refractivity contribution is 5.28. The Morgan fingerprint density at radius 2 is 2.15 bits per heavy atom. The highest BCUT2D eigenvalue weighted by Crippen LogP contribution is 2.27. The van der Waals surface area contributed by atoms with Gasteiger partial charge in [-0.3, -0.25) is 4.90 Å². The van der Waals surface area contributed by atoms with Crippen LogP contribution in [-0.2, 0) is 4.74 Å². The van der Waals surface area contributed by atoms with E-state index < -0.39 is 11.6 Å². The van der Waals surface area contributed by atoms with Crippen LogP contribution in [0.5, 0.6) is 0 Å². The minimum Gasteiger partial charge on any atom is -0.374 e. The van der Waals surface area contributed by atoms with Gasteiger partial charge in [-0.05, 0) is 26.1 Å². The fraction of sp³-hybridized carbons (Fsp3) is 0.600. The molecule has 5 heteroatoms. The molecule has 0 spiro atoms. The lowest BCUT2D eigenvalue weighted by atomic mass is 9.98. The van der Waals surface area contributed by atoms with Crippen molar-refractivity contribution in [1.82, 2.24) is 10.2 Å². The molecule has 1 N–H and O–H groups in total. The first-order chi connectivity index (χ1) is 9.58. The van der Waals surface area contributed by atoms with E-state index in [-0.39, 0.29) is 12.1 Å². The molecule has 1 saturated heterocycles. The number of aryl methyl sites for hydroxylation is 1. The maximum Gasteiger partial charge on any atom is 0.163 e. The average molecular weight is 284 g/mol. The molecule has 3 nitrogen and oxygen atoms in total. The van der Waals surface area contributed by atoms with E-state index in [0.717, 1.165) is 19.6 Å². The number of hydrogen-bond acceptors (Lipinski definition) is 3. The molecule has 0 amide bonds. The van der Waals surface area contributed by atoms with Gasteiger partial charge in [0.2, 0.25) is 0 Å². The maximum atomic E-state index is 14.1. The van der Waals surface area contributed by atoms with E-state index >= 15 is 0 Å². The van der Waals surface area contributed by atoms with Crippen LogP contribution >= 0.6 is 0 Å². The third-order valence-electron chi connectivity index (χ3n) is 3.95. The monoisotopic (exact) mass is 284 g/mol. The second kappa shape index (κ2) is 6.61. The van der Waals surface area contributed by atoms with E-state index in [4.69, 9.17) is 4.74 Å². The van der Waals surface area contributed by atoms with E-state index in [9.17, 15) is 8.78 Å². The highest BCUT2D eigenvalue weighted by atomic mass is 19.2. The zero-order valence-electron chi connectivity index (χ0n) is 12.2. The number of hydrogen-bond donors (Lipinski definition) is 1. The minimum absolute atomic E-state index is 0.176. The Morgan fingerprint density at radius 1 is 1.40 bits per heavy atom.